The number of piperidine rings is 1. The van der Waals surface area contributed by atoms with Crippen LogP contribution in [0.5, 0.6) is 0 Å². The van der Waals surface area contributed by atoms with Crippen LogP contribution in [0.4, 0.5) is 0 Å². The summed E-state index contributed by atoms with van der Waals surface area (Å²) in [5.74, 6) is 0.0733. The van der Waals surface area contributed by atoms with Crippen LogP contribution in [0, 0.1) is 5.41 Å². The second-order valence-corrected chi connectivity index (χ2v) is 7.37. The van der Waals surface area contributed by atoms with E-state index < -0.39 is 0 Å². The van der Waals surface area contributed by atoms with Crippen molar-refractivity contribution in [1.29, 1.82) is 0 Å². The third kappa shape index (κ3) is 3.56. The lowest BCUT2D eigenvalue weighted by Crippen LogP contribution is -2.42. The average Bonchev–Trinajstić information content (AvgIpc) is 3.09. The van der Waals surface area contributed by atoms with Crippen molar-refractivity contribution < 1.29 is 4.79 Å². The molecular formula is C20H24N4O. The van der Waals surface area contributed by atoms with Crippen LogP contribution in [-0.4, -0.2) is 51.9 Å². The van der Waals surface area contributed by atoms with Crippen LogP contribution in [0.1, 0.15) is 35.2 Å². The Labute approximate surface area is 148 Å². The van der Waals surface area contributed by atoms with Gasteiger partial charge in [0.2, 0.25) is 0 Å². The summed E-state index contributed by atoms with van der Waals surface area (Å²) >= 11 is 0. The van der Waals surface area contributed by atoms with E-state index in [1.165, 1.54) is 24.7 Å². The fourth-order valence-corrected chi connectivity index (χ4v) is 4.14. The van der Waals surface area contributed by atoms with Crippen LogP contribution in [0.2, 0.25) is 0 Å². The first-order chi connectivity index (χ1) is 12.2. The average molecular weight is 336 g/mol. The van der Waals surface area contributed by atoms with Crippen molar-refractivity contribution >= 4 is 5.91 Å². The van der Waals surface area contributed by atoms with Gasteiger partial charge in [-0.1, -0.05) is 30.3 Å². The molecule has 5 nitrogen and oxygen atoms in total. The molecule has 25 heavy (non-hydrogen) atoms. The SMILES string of the molecule is O=C(c1cncnc1)N1CCC2(CCN(Cc3ccccc3)CC2)C1. The van der Waals surface area contributed by atoms with Gasteiger partial charge in [0.15, 0.2) is 0 Å². The molecule has 130 valence electrons. The van der Waals surface area contributed by atoms with Crippen LogP contribution in [0.25, 0.3) is 0 Å². The first-order valence-electron chi connectivity index (χ1n) is 9.05. The molecule has 1 aromatic carbocycles. The molecule has 2 saturated heterocycles. The number of hydrogen-bond donors (Lipinski definition) is 0. The van der Waals surface area contributed by atoms with Crippen LogP contribution < -0.4 is 0 Å². The van der Waals surface area contributed by atoms with Gasteiger partial charge in [-0.15, -0.1) is 0 Å². The molecule has 5 heteroatoms. The van der Waals surface area contributed by atoms with E-state index in [9.17, 15) is 4.79 Å². The van der Waals surface area contributed by atoms with Crippen LogP contribution in [-0.2, 0) is 6.54 Å². The number of likely N-dealkylation sites (tertiary alicyclic amines) is 2. The van der Waals surface area contributed by atoms with E-state index in [-0.39, 0.29) is 5.91 Å². The van der Waals surface area contributed by atoms with E-state index in [4.69, 9.17) is 0 Å². The summed E-state index contributed by atoms with van der Waals surface area (Å²) in [6, 6.07) is 10.7. The van der Waals surface area contributed by atoms with E-state index in [1.54, 1.807) is 12.4 Å². The zero-order valence-corrected chi connectivity index (χ0v) is 14.5. The van der Waals surface area contributed by atoms with Gasteiger partial charge in [-0.05, 0) is 43.3 Å². The molecule has 4 rings (SSSR count). The van der Waals surface area contributed by atoms with Gasteiger partial charge in [0, 0.05) is 32.0 Å². The van der Waals surface area contributed by atoms with Crippen LogP contribution >= 0.6 is 0 Å². The van der Waals surface area contributed by atoms with Gasteiger partial charge in [0.05, 0.1) is 5.56 Å². The Kier molecular flexibility index (Phi) is 4.49. The second kappa shape index (κ2) is 6.92. The highest BCUT2D eigenvalue weighted by molar-refractivity contribution is 5.93. The number of benzene rings is 1. The summed E-state index contributed by atoms with van der Waals surface area (Å²) in [7, 11) is 0. The summed E-state index contributed by atoms with van der Waals surface area (Å²) < 4.78 is 0. The van der Waals surface area contributed by atoms with E-state index in [0.29, 0.717) is 11.0 Å². The predicted octanol–water partition coefficient (Wildman–Crippen LogP) is 2.60. The Morgan fingerprint density at radius 3 is 2.40 bits per heavy atom. The smallest absolute Gasteiger partial charge is 0.257 e. The van der Waals surface area contributed by atoms with Crippen LogP contribution in [0.15, 0.2) is 49.1 Å². The highest BCUT2D eigenvalue weighted by Crippen LogP contribution is 2.41. The third-order valence-corrected chi connectivity index (χ3v) is 5.70. The molecular weight excluding hydrogens is 312 g/mol. The molecule has 1 aromatic heterocycles. The van der Waals surface area contributed by atoms with Crippen molar-refractivity contribution in [2.75, 3.05) is 26.2 Å². The van der Waals surface area contributed by atoms with Crippen molar-refractivity contribution in [2.45, 2.75) is 25.8 Å². The first kappa shape index (κ1) is 16.2. The van der Waals surface area contributed by atoms with Gasteiger partial charge < -0.3 is 4.90 Å². The molecule has 0 saturated carbocycles. The quantitative estimate of drug-likeness (QED) is 0.864. The molecule has 0 unspecified atom stereocenters. The van der Waals surface area contributed by atoms with Gasteiger partial charge in [0.25, 0.3) is 5.91 Å². The van der Waals surface area contributed by atoms with Gasteiger partial charge in [-0.3, -0.25) is 9.69 Å². The molecule has 0 atom stereocenters. The maximum absolute atomic E-state index is 12.6. The topological polar surface area (TPSA) is 49.3 Å². The van der Waals surface area contributed by atoms with Gasteiger partial charge in [0.1, 0.15) is 6.33 Å². The zero-order chi connectivity index (χ0) is 17.1. The highest BCUT2D eigenvalue weighted by atomic mass is 16.2. The molecule has 2 aliphatic rings. The lowest BCUT2D eigenvalue weighted by molar-refractivity contribution is 0.0713. The van der Waals surface area contributed by atoms with Crippen molar-refractivity contribution in [2.24, 2.45) is 5.41 Å². The van der Waals surface area contributed by atoms with Crippen LogP contribution in [0.3, 0.4) is 0 Å². The fourth-order valence-electron chi connectivity index (χ4n) is 4.14. The number of amides is 1. The molecule has 0 radical (unpaired) electrons. The Morgan fingerprint density at radius 1 is 1.00 bits per heavy atom. The summed E-state index contributed by atoms with van der Waals surface area (Å²) in [6.07, 6.45) is 8.16. The monoisotopic (exact) mass is 336 g/mol. The molecule has 2 aliphatic heterocycles. The summed E-state index contributed by atoms with van der Waals surface area (Å²) in [4.78, 5) is 25.1. The predicted molar refractivity (Wildman–Crippen MR) is 95.9 cm³/mol. The summed E-state index contributed by atoms with van der Waals surface area (Å²) in [5.41, 5.74) is 2.28. The molecule has 0 N–H and O–H groups in total. The van der Waals surface area contributed by atoms with Crippen molar-refractivity contribution in [3.8, 4) is 0 Å². The number of hydrogen-bond acceptors (Lipinski definition) is 4. The normalized spacial score (nSPS) is 20.1. The Hall–Kier alpha value is -2.27. The minimum Gasteiger partial charge on any atom is -0.338 e. The van der Waals surface area contributed by atoms with E-state index >= 15 is 0 Å². The van der Waals surface area contributed by atoms with Gasteiger partial charge in [-0.25, -0.2) is 9.97 Å². The van der Waals surface area contributed by atoms with Gasteiger partial charge >= 0.3 is 0 Å². The maximum Gasteiger partial charge on any atom is 0.257 e. The fraction of sp³-hybridized carbons (Fsp3) is 0.450. The molecule has 1 amide bonds. The zero-order valence-electron chi connectivity index (χ0n) is 14.5. The molecule has 2 fully saturated rings. The lowest BCUT2D eigenvalue weighted by atomic mass is 9.77. The number of nitrogens with zero attached hydrogens (tertiary/aromatic N) is 4. The molecule has 2 aromatic rings. The number of carbonyl (C=O) groups is 1. The Bertz CT molecular complexity index is 711. The second-order valence-electron chi connectivity index (χ2n) is 7.37. The van der Waals surface area contributed by atoms with E-state index in [0.717, 1.165) is 39.1 Å². The standard InChI is InChI=1S/C20H24N4O/c25-19(18-12-21-16-22-13-18)24-11-8-20(15-24)6-9-23(10-7-20)14-17-4-2-1-3-5-17/h1-5,12-13,16H,6-11,14-15H2. The van der Waals surface area contributed by atoms with Gasteiger partial charge in [-0.2, -0.15) is 0 Å². The van der Waals surface area contributed by atoms with Crippen molar-refractivity contribution in [3.05, 3.63) is 60.2 Å². The minimum atomic E-state index is 0.0733. The van der Waals surface area contributed by atoms with E-state index in [1.807, 2.05) is 4.90 Å². The third-order valence-electron chi connectivity index (χ3n) is 5.70. The minimum absolute atomic E-state index is 0.0733. The highest BCUT2D eigenvalue weighted by Gasteiger charge is 2.42. The Balaban J connectivity index is 1.34. The number of rotatable bonds is 3. The molecule has 3 heterocycles. The van der Waals surface area contributed by atoms with E-state index in [2.05, 4.69) is 45.2 Å². The lowest BCUT2D eigenvalue weighted by Gasteiger charge is -2.39. The molecule has 0 bridgehead atoms. The first-order valence-corrected chi connectivity index (χ1v) is 9.05. The molecule has 0 aliphatic carbocycles. The number of carbonyl (C=O) groups excluding carboxylic acids is 1. The molecule has 1 spiro atoms. The summed E-state index contributed by atoms with van der Waals surface area (Å²) in [5, 5.41) is 0. The van der Waals surface area contributed by atoms with Crippen molar-refractivity contribution in [1.82, 2.24) is 19.8 Å². The van der Waals surface area contributed by atoms with Crippen molar-refractivity contribution in [3.63, 3.8) is 0 Å². The summed E-state index contributed by atoms with van der Waals surface area (Å²) in [6.45, 7) is 4.99. The Morgan fingerprint density at radius 2 is 1.68 bits per heavy atom. The largest absolute Gasteiger partial charge is 0.338 e. The maximum atomic E-state index is 12.6. The number of aromatic nitrogens is 2.